The summed E-state index contributed by atoms with van der Waals surface area (Å²) < 4.78 is 5.11. The minimum Gasteiger partial charge on any atom is -0.495 e. The molecule has 2 aromatic rings. The van der Waals surface area contributed by atoms with Crippen LogP contribution in [0.4, 0.5) is 0 Å². The lowest BCUT2D eigenvalue weighted by Crippen LogP contribution is -2.30. The minimum absolute atomic E-state index is 0.149. The van der Waals surface area contributed by atoms with Gasteiger partial charge >= 0.3 is 0 Å². The van der Waals surface area contributed by atoms with E-state index < -0.39 is 6.04 Å². The molecule has 1 unspecified atom stereocenters. The average Bonchev–Trinajstić information content (AvgIpc) is 2.94. The van der Waals surface area contributed by atoms with Gasteiger partial charge in [0.25, 0.3) is 5.91 Å². The van der Waals surface area contributed by atoms with Crippen LogP contribution in [0, 0.1) is 0 Å². The largest absolute Gasteiger partial charge is 0.495 e. The number of carbonyl (C=O) groups excluding carboxylic acids is 1. The van der Waals surface area contributed by atoms with Crippen molar-refractivity contribution in [2.75, 3.05) is 13.7 Å². The Morgan fingerprint density at radius 2 is 2.11 bits per heavy atom. The number of amides is 1. The highest BCUT2D eigenvalue weighted by Gasteiger charge is 2.18. The van der Waals surface area contributed by atoms with E-state index in [9.17, 15) is 9.90 Å². The van der Waals surface area contributed by atoms with Crippen molar-refractivity contribution in [3.8, 4) is 5.75 Å². The fourth-order valence-corrected chi connectivity index (χ4v) is 2.53. The van der Waals surface area contributed by atoms with Gasteiger partial charge in [-0.1, -0.05) is 30.3 Å². The van der Waals surface area contributed by atoms with Gasteiger partial charge in [0.2, 0.25) is 0 Å². The van der Waals surface area contributed by atoms with E-state index in [0.717, 1.165) is 5.56 Å². The number of rotatable bonds is 5. The van der Waals surface area contributed by atoms with Gasteiger partial charge in [-0.3, -0.25) is 4.79 Å². The van der Waals surface area contributed by atoms with Crippen molar-refractivity contribution in [3.63, 3.8) is 0 Å². The maximum atomic E-state index is 12.1. The molecule has 4 nitrogen and oxygen atoms in total. The van der Waals surface area contributed by atoms with E-state index in [1.54, 1.807) is 11.4 Å². The average molecular weight is 277 g/mol. The predicted octanol–water partition coefficient (Wildman–Crippen LogP) is 2.22. The summed E-state index contributed by atoms with van der Waals surface area (Å²) in [7, 11) is 1.53. The van der Waals surface area contributed by atoms with Gasteiger partial charge in [-0.15, -0.1) is 11.3 Å². The summed E-state index contributed by atoms with van der Waals surface area (Å²) in [6.45, 7) is -0.149. The highest BCUT2D eigenvalue weighted by atomic mass is 32.1. The molecular formula is C14H15NO3S. The van der Waals surface area contributed by atoms with E-state index in [-0.39, 0.29) is 12.5 Å². The van der Waals surface area contributed by atoms with Crippen LogP contribution in [0.1, 0.15) is 21.3 Å². The summed E-state index contributed by atoms with van der Waals surface area (Å²) in [5.41, 5.74) is 0.869. The molecule has 19 heavy (non-hydrogen) atoms. The highest BCUT2D eigenvalue weighted by molar-refractivity contribution is 7.12. The van der Waals surface area contributed by atoms with Crippen molar-refractivity contribution in [2.24, 2.45) is 0 Å². The van der Waals surface area contributed by atoms with Gasteiger partial charge in [0.15, 0.2) is 0 Å². The molecule has 2 N–H and O–H groups in total. The number of aliphatic hydroxyl groups is 1. The molecule has 2 rings (SSSR count). The molecule has 0 aliphatic carbocycles. The number of methoxy groups -OCH3 is 1. The van der Waals surface area contributed by atoms with Crippen LogP contribution in [0.3, 0.4) is 0 Å². The Balaban J connectivity index is 2.13. The first kappa shape index (κ1) is 13.6. The molecule has 0 aliphatic heterocycles. The number of benzene rings is 1. The molecule has 0 saturated carbocycles. The van der Waals surface area contributed by atoms with Gasteiger partial charge in [-0.05, 0) is 17.0 Å². The van der Waals surface area contributed by atoms with E-state index in [0.29, 0.717) is 10.6 Å². The van der Waals surface area contributed by atoms with Crippen molar-refractivity contribution in [2.45, 2.75) is 6.04 Å². The maximum absolute atomic E-state index is 12.1. The van der Waals surface area contributed by atoms with Crippen LogP contribution in [-0.2, 0) is 0 Å². The minimum atomic E-state index is -0.416. The first-order chi connectivity index (χ1) is 9.26. The lowest BCUT2D eigenvalue weighted by atomic mass is 10.1. The van der Waals surface area contributed by atoms with Crippen molar-refractivity contribution in [1.82, 2.24) is 5.32 Å². The lowest BCUT2D eigenvalue weighted by Gasteiger charge is -2.16. The smallest absolute Gasteiger partial charge is 0.265 e. The van der Waals surface area contributed by atoms with E-state index in [1.165, 1.54) is 18.4 Å². The fourth-order valence-electron chi connectivity index (χ4n) is 1.77. The fraction of sp³-hybridized carbons (Fsp3) is 0.214. The maximum Gasteiger partial charge on any atom is 0.265 e. The Kier molecular flexibility index (Phi) is 4.54. The van der Waals surface area contributed by atoms with Gasteiger partial charge in [0.05, 0.1) is 19.8 Å². The van der Waals surface area contributed by atoms with Gasteiger partial charge in [-0.25, -0.2) is 0 Å². The summed E-state index contributed by atoms with van der Waals surface area (Å²) in [5, 5.41) is 14.0. The topological polar surface area (TPSA) is 58.6 Å². The van der Waals surface area contributed by atoms with E-state index in [1.807, 2.05) is 30.3 Å². The molecule has 1 aromatic carbocycles. The number of hydrogen-bond acceptors (Lipinski definition) is 4. The summed E-state index contributed by atoms with van der Waals surface area (Å²) >= 11 is 1.31. The number of aliphatic hydroxyl groups excluding tert-OH is 1. The summed E-state index contributed by atoms with van der Waals surface area (Å²) in [6, 6.07) is 10.7. The van der Waals surface area contributed by atoms with E-state index in [4.69, 9.17) is 4.74 Å². The molecule has 0 radical (unpaired) electrons. The second-order valence-corrected chi connectivity index (χ2v) is 4.85. The number of nitrogens with one attached hydrogen (secondary N) is 1. The normalized spacial score (nSPS) is 11.9. The first-order valence-corrected chi connectivity index (χ1v) is 6.72. The van der Waals surface area contributed by atoms with E-state index >= 15 is 0 Å². The molecule has 1 heterocycles. The second-order valence-electron chi connectivity index (χ2n) is 3.94. The van der Waals surface area contributed by atoms with Gasteiger partial charge < -0.3 is 15.2 Å². The van der Waals surface area contributed by atoms with Crippen LogP contribution >= 0.6 is 11.3 Å². The van der Waals surface area contributed by atoms with Gasteiger partial charge in [-0.2, -0.15) is 0 Å². The molecular weight excluding hydrogens is 262 g/mol. The van der Waals surface area contributed by atoms with Crippen molar-refractivity contribution < 1.29 is 14.6 Å². The Hall–Kier alpha value is -1.85. The molecule has 0 aliphatic rings. The van der Waals surface area contributed by atoms with Gasteiger partial charge in [0, 0.05) is 0 Å². The molecule has 0 saturated heterocycles. The van der Waals surface area contributed by atoms with Crippen LogP contribution in [0.25, 0.3) is 0 Å². The van der Waals surface area contributed by atoms with Crippen LogP contribution in [0.5, 0.6) is 5.75 Å². The number of ether oxygens (including phenoxy) is 1. The summed E-state index contributed by atoms with van der Waals surface area (Å²) in [6.07, 6.45) is 0. The zero-order valence-electron chi connectivity index (χ0n) is 10.5. The molecule has 1 amide bonds. The zero-order chi connectivity index (χ0) is 13.7. The summed E-state index contributed by atoms with van der Waals surface area (Å²) in [4.78, 5) is 12.6. The quantitative estimate of drug-likeness (QED) is 0.881. The number of hydrogen-bond donors (Lipinski definition) is 2. The van der Waals surface area contributed by atoms with Gasteiger partial charge in [0.1, 0.15) is 10.6 Å². The van der Waals surface area contributed by atoms with Crippen molar-refractivity contribution in [3.05, 3.63) is 52.2 Å². The molecule has 1 aromatic heterocycles. The Morgan fingerprint density at radius 3 is 2.74 bits per heavy atom. The molecule has 5 heteroatoms. The molecule has 0 fully saturated rings. The zero-order valence-corrected chi connectivity index (χ0v) is 11.3. The number of thiophene rings is 1. The van der Waals surface area contributed by atoms with Crippen molar-refractivity contribution in [1.29, 1.82) is 0 Å². The third kappa shape index (κ3) is 3.13. The van der Waals surface area contributed by atoms with E-state index in [2.05, 4.69) is 5.32 Å². The predicted molar refractivity (Wildman–Crippen MR) is 74.6 cm³/mol. The molecule has 1 atom stereocenters. The molecule has 0 bridgehead atoms. The third-order valence-electron chi connectivity index (χ3n) is 2.75. The SMILES string of the molecule is COc1ccsc1C(=O)NC(CO)c1ccccc1. The highest BCUT2D eigenvalue weighted by Crippen LogP contribution is 2.25. The summed E-state index contributed by atoms with van der Waals surface area (Å²) in [5.74, 6) is 0.307. The third-order valence-corrected chi connectivity index (χ3v) is 3.64. The monoisotopic (exact) mass is 277 g/mol. The Morgan fingerprint density at radius 1 is 1.37 bits per heavy atom. The molecule has 100 valence electrons. The number of carbonyl (C=O) groups is 1. The van der Waals surface area contributed by atoms with Crippen LogP contribution < -0.4 is 10.1 Å². The van der Waals surface area contributed by atoms with Crippen LogP contribution in [-0.4, -0.2) is 24.7 Å². The standard InChI is InChI=1S/C14H15NO3S/c1-18-12-7-8-19-13(12)14(17)15-11(9-16)10-5-3-2-4-6-10/h2-8,11,16H,9H2,1H3,(H,15,17). The van der Waals surface area contributed by atoms with Crippen LogP contribution in [0.15, 0.2) is 41.8 Å². The molecule has 0 spiro atoms. The van der Waals surface area contributed by atoms with Crippen molar-refractivity contribution >= 4 is 17.2 Å². The Bertz CT molecular complexity index is 539. The van der Waals surface area contributed by atoms with Crippen LogP contribution in [0.2, 0.25) is 0 Å². The Labute approximate surface area is 115 Å². The lowest BCUT2D eigenvalue weighted by molar-refractivity contribution is 0.0917. The second kappa shape index (κ2) is 6.36. The first-order valence-electron chi connectivity index (χ1n) is 5.84.